The summed E-state index contributed by atoms with van der Waals surface area (Å²) >= 11 is 0. The monoisotopic (exact) mass is 421 g/mol. The van der Waals surface area contributed by atoms with Crippen LogP contribution < -0.4 is 26.2 Å². The summed E-state index contributed by atoms with van der Waals surface area (Å²) in [4.78, 5) is 28.0. The molecule has 166 valence electrons. The maximum Gasteiger partial charge on any atom is 0.407 e. The van der Waals surface area contributed by atoms with Crippen molar-refractivity contribution in [3.8, 4) is 11.6 Å². The van der Waals surface area contributed by atoms with E-state index in [2.05, 4.69) is 26.5 Å². The molecule has 1 saturated carbocycles. The molecule has 1 aromatic rings. The molecule has 2 heterocycles. The lowest BCUT2D eigenvalue weighted by molar-refractivity contribution is -0.121. The van der Waals surface area contributed by atoms with Gasteiger partial charge in [-0.2, -0.15) is 0 Å². The number of hydrogen-bond acceptors (Lipinski definition) is 8. The fourth-order valence-electron chi connectivity index (χ4n) is 3.99. The van der Waals surface area contributed by atoms with Gasteiger partial charge in [-0.1, -0.05) is 6.92 Å². The maximum atomic E-state index is 12.4. The fourth-order valence-corrected chi connectivity index (χ4v) is 3.99. The third kappa shape index (κ3) is 5.96. The summed E-state index contributed by atoms with van der Waals surface area (Å²) in [7, 11) is 1.48. The molecule has 3 rings (SSSR count). The number of aromatic hydroxyl groups is 1. The van der Waals surface area contributed by atoms with Crippen LogP contribution in [0.3, 0.4) is 0 Å². The molecule has 30 heavy (non-hydrogen) atoms. The number of aromatic nitrogens is 1. The maximum absolute atomic E-state index is 12.4. The van der Waals surface area contributed by atoms with E-state index in [0.717, 1.165) is 32.1 Å². The number of ether oxygens (including phenoxy) is 2. The number of nitrogens with zero attached hydrogens (tertiary/aromatic N) is 1. The number of alkyl carbamates (subject to hydrolysis) is 1. The van der Waals surface area contributed by atoms with E-state index in [9.17, 15) is 14.7 Å². The van der Waals surface area contributed by atoms with Crippen molar-refractivity contribution < 1.29 is 24.2 Å². The predicted octanol–water partition coefficient (Wildman–Crippen LogP) is 0.952. The Kier molecular flexibility index (Phi) is 7.69. The van der Waals surface area contributed by atoms with Gasteiger partial charge in [-0.15, -0.1) is 0 Å². The van der Waals surface area contributed by atoms with Crippen molar-refractivity contribution in [2.45, 2.75) is 63.8 Å². The van der Waals surface area contributed by atoms with Gasteiger partial charge in [0.2, 0.25) is 11.8 Å². The molecule has 1 saturated heterocycles. The summed E-state index contributed by atoms with van der Waals surface area (Å²) in [6, 6.07) is 1.74. The van der Waals surface area contributed by atoms with Gasteiger partial charge in [0.15, 0.2) is 0 Å². The fraction of sp³-hybridized carbons (Fsp3) is 0.650. The van der Waals surface area contributed by atoms with Gasteiger partial charge in [0.1, 0.15) is 11.9 Å². The van der Waals surface area contributed by atoms with Crippen molar-refractivity contribution in [1.82, 2.24) is 26.5 Å². The van der Waals surface area contributed by atoms with Crippen molar-refractivity contribution in [3.63, 3.8) is 0 Å². The van der Waals surface area contributed by atoms with Gasteiger partial charge in [0.05, 0.1) is 25.9 Å². The first-order valence-corrected chi connectivity index (χ1v) is 10.4. The topological polar surface area (TPSA) is 134 Å². The molecular formula is C20H31N5O5. The number of pyridine rings is 1. The zero-order chi connectivity index (χ0) is 21.5. The Morgan fingerprint density at radius 3 is 2.90 bits per heavy atom. The highest BCUT2D eigenvalue weighted by Gasteiger charge is 2.37. The van der Waals surface area contributed by atoms with E-state index in [1.807, 2.05) is 6.92 Å². The molecule has 0 bridgehead atoms. The molecule has 10 heteroatoms. The van der Waals surface area contributed by atoms with Crippen molar-refractivity contribution in [1.29, 1.82) is 0 Å². The SMILES string of the molecule is CCCNC(=O)O[C@H]1CC[C@@H](C2CC(NC(=O)Cc3cc(OC)ncc3O)NN2)C1. The molecule has 10 nitrogen and oxygen atoms in total. The summed E-state index contributed by atoms with van der Waals surface area (Å²) in [5, 5.41) is 15.6. The Morgan fingerprint density at radius 2 is 2.13 bits per heavy atom. The number of hydrogen-bond donors (Lipinski definition) is 5. The molecule has 0 radical (unpaired) electrons. The number of carbonyl (C=O) groups is 2. The van der Waals surface area contributed by atoms with Crippen molar-refractivity contribution in [3.05, 3.63) is 17.8 Å². The summed E-state index contributed by atoms with van der Waals surface area (Å²) < 4.78 is 10.5. The first kappa shape index (κ1) is 22.1. The molecule has 1 aliphatic heterocycles. The van der Waals surface area contributed by atoms with Crippen LogP contribution in [0.5, 0.6) is 11.6 Å². The van der Waals surface area contributed by atoms with E-state index < -0.39 is 0 Å². The van der Waals surface area contributed by atoms with Crippen LogP contribution in [0, 0.1) is 5.92 Å². The summed E-state index contributed by atoms with van der Waals surface area (Å²) in [5.74, 6) is 0.467. The molecule has 2 aliphatic rings. The lowest BCUT2D eigenvalue weighted by Crippen LogP contribution is -2.45. The highest BCUT2D eigenvalue weighted by Crippen LogP contribution is 2.33. The second kappa shape index (κ2) is 10.4. The lowest BCUT2D eigenvalue weighted by atomic mass is 9.96. The Bertz CT molecular complexity index is 746. The Balaban J connectivity index is 1.42. The van der Waals surface area contributed by atoms with Gasteiger partial charge in [0, 0.05) is 24.2 Å². The molecule has 1 aromatic heterocycles. The molecule has 2 fully saturated rings. The van der Waals surface area contributed by atoms with Crippen LogP contribution >= 0.6 is 0 Å². The number of rotatable bonds is 8. The number of hydrazine groups is 1. The van der Waals surface area contributed by atoms with Crippen LogP contribution in [0.25, 0.3) is 0 Å². The van der Waals surface area contributed by atoms with Gasteiger partial charge < -0.3 is 25.2 Å². The van der Waals surface area contributed by atoms with E-state index in [1.165, 1.54) is 13.3 Å². The normalized spacial score (nSPS) is 25.7. The van der Waals surface area contributed by atoms with E-state index in [-0.39, 0.29) is 42.5 Å². The summed E-state index contributed by atoms with van der Waals surface area (Å²) in [6.07, 6.45) is 4.92. The quantitative estimate of drug-likeness (QED) is 0.419. The largest absolute Gasteiger partial charge is 0.506 e. The first-order chi connectivity index (χ1) is 14.5. The molecule has 2 amide bonds. The second-order valence-corrected chi connectivity index (χ2v) is 7.81. The van der Waals surface area contributed by atoms with Crippen LogP contribution in [-0.4, -0.2) is 54.1 Å². The van der Waals surface area contributed by atoms with Crippen LogP contribution in [0.4, 0.5) is 4.79 Å². The van der Waals surface area contributed by atoms with Crippen molar-refractivity contribution in [2.75, 3.05) is 13.7 Å². The number of nitrogens with one attached hydrogen (secondary N) is 4. The third-order valence-electron chi connectivity index (χ3n) is 5.56. The molecule has 1 aliphatic carbocycles. The minimum atomic E-state index is -0.346. The number of amides is 2. The zero-order valence-corrected chi connectivity index (χ0v) is 17.4. The Hall–Kier alpha value is -2.59. The number of methoxy groups -OCH3 is 1. The van der Waals surface area contributed by atoms with Gasteiger partial charge in [-0.25, -0.2) is 15.2 Å². The predicted molar refractivity (Wildman–Crippen MR) is 109 cm³/mol. The lowest BCUT2D eigenvalue weighted by Gasteiger charge is -2.18. The molecule has 4 atom stereocenters. The van der Waals surface area contributed by atoms with E-state index in [0.29, 0.717) is 23.9 Å². The highest BCUT2D eigenvalue weighted by atomic mass is 16.6. The highest BCUT2D eigenvalue weighted by molar-refractivity contribution is 5.79. The minimum absolute atomic E-state index is 0.0276. The minimum Gasteiger partial charge on any atom is -0.506 e. The summed E-state index contributed by atoms with van der Waals surface area (Å²) in [6.45, 7) is 2.62. The number of carbonyl (C=O) groups excluding carboxylic acids is 2. The van der Waals surface area contributed by atoms with E-state index in [4.69, 9.17) is 9.47 Å². The zero-order valence-electron chi connectivity index (χ0n) is 17.4. The molecule has 2 unspecified atom stereocenters. The van der Waals surface area contributed by atoms with Crippen LogP contribution in [-0.2, 0) is 16.0 Å². The van der Waals surface area contributed by atoms with Crippen molar-refractivity contribution in [2.24, 2.45) is 5.92 Å². The molecule has 0 spiro atoms. The van der Waals surface area contributed by atoms with Crippen LogP contribution in [0.1, 0.15) is 44.6 Å². The average Bonchev–Trinajstić information content (AvgIpc) is 3.37. The Morgan fingerprint density at radius 1 is 1.30 bits per heavy atom. The Labute approximate surface area is 176 Å². The molecular weight excluding hydrogens is 390 g/mol. The first-order valence-electron chi connectivity index (χ1n) is 10.4. The molecule has 0 aromatic carbocycles. The van der Waals surface area contributed by atoms with Gasteiger partial charge >= 0.3 is 6.09 Å². The van der Waals surface area contributed by atoms with E-state index in [1.54, 1.807) is 6.07 Å². The van der Waals surface area contributed by atoms with Crippen LogP contribution in [0.15, 0.2) is 12.3 Å². The standard InChI is InChI=1S/C20H31N5O5/c1-3-6-21-20(28)30-14-5-4-12(7-14)15-10-17(25-24-15)23-18(27)8-13-9-19(29-2)22-11-16(13)26/h9,11-12,14-15,17,24-26H,3-8,10H2,1-2H3,(H,21,28)(H,23,27)/t12-,14+,15?,17?/m1/s1. The van der Waals surface area contributed by atoms with Gasteiger partial charge in [-0.3, -0.25) is 10.2 Å². The van der Waals surface area contributed by atoms with Gasteiger partial charge in [-0.05, 0) is 38.0 Å². The van der Waals surface area contributed by atoms with Crippen LogP contribution in [0.2, 0.25) is 0 Å². The summed E-state index contributed by atoms with van der Waals surface area (Å²) in [5.41, 5.74) is 6.83. The smallest absolute Gasteiger partial charge is 0.407 e. The van der Waals surface area contributed by atoms with Crippen molar-refractivity contribution >= 4 is 12.0 Å². The van der Waals surface area contributed by atoms with E-state index >= 15 is 0 Å². The average molecular weight is 421 g/mol. The molecule has 5 N–H and O–H groups in total. The van der Waals surface area contributed by atoms with Gasteiger partial charge in [0.25, 0.3) is 0 Å². The third-order valence-corrected chi connectivity index (χ3v) is 5.56. The second-order valence-electron chi connectivity index (χ2n) is 7.81.